The van der Waals surface area contributed by atoms with Crippen molar-refractivity contribution in [3.63, 3.8) is 0 Å². The van der Waals surface area contributed by atoms with E-state index in [4.69, 9.17) is 4.74 Å². The van der Waals surface area contributed by atoms with Crippen molar-refractivity contribution in [2.75, 3.05) is 19.5 Å². The molecule has 0 aromatic heterocycles. The highest BCUT2D eigenvalue weighted by Crippen LogP contribution is 2.31. The molecule has 0 atom stereocenters. The van der Waals surface area contributed by atoms with E-state index in [0.29, 0.717) is 11.3 Å². The zero-order valence-corrected chi connectivity index (χ0v) is 12.3. The van der Waals surface area contributed by atoms with Crippen molar-refractivity contribution >= 4 is 17.9 Å². The van der Waals surface area contributed by atoms with Gasteiger partial charge in [-0.3, -0.25) is 4.79 Å². The summed E-state index contributed by atoms with van der Waals surface area (Å²) in [4.78, 5) is 22.6. The first-order valence-electron chi connectivity index (χ1n) is 6.90. The Hall–Kier alpha value is -2.30. The van der Waals surface area contributed by atoms with Gasteiger partial charge in [-0.2, -0.15) is 0 Å². The smallest absolute Gasteiger partial charge is 0.337 e. The maximum atomic E-state index is 11.5. The maximum Gasteiger partial charge on any atom is 0.337 e. The van der Waals surface area contributed by atoms with Crippen LogP contribution in [0.3, 0.4) is 0 Å². The minimum Gasteiger partial charge on any atom is -0.495 e. The number of benzene rings is 1. The van der Waals surface area contributed by atoms with Crippen molar-refractivity contribution in [3.8, 4) is 5.75 Å². The first-order chi connectivity index (χ1) is 10.2. The number of methoxy groups -OCH3 is 2. The second kappa shape index (κ2) is 6.92. The third-order valence-electron chi connectivity index (χ3n) is 3.56. The topological polar surface area (TPSA) is 64.6 Å². The van der Waals surface area contributed by atoms with Crippen LogP contribution in [0.1, 0.15) is 36.0 Å². The van der Waals surface area contributed by atoms with E-state index in [1.54, 1.807) is 18.2 Å². The van der Waals surface area contributed by atoms with Crippen LogP contribution in [0.2, 0.25) is 0 Å². The summed E-state index contributed by atoms with van der Waals surface area (Å²) >= 11 is 0. The van der Waals surface area contributed by atoms with Crippen molar-refractivity contribution in [1.29, 1.82) is 0 Å². The van der Waals surface area contributed by atoms with Crippen LogP contribution < -0.4 is 10.1 Å². The van der Waals surface area contributed by atoms with Crippen molar-refractivity contribution < 1.29 is 19.1 Å². The number of esters is 1. The Morgan fingerprint density at radius 2 is 2.00 bits per heavy atom. The molecule has 0 aliphatic heterocycles. The Kier molecular flexibility index (Phi) is 4.98. The maximum absolute atomic E-state index is 11.5. The van der Waals surface area contributed by atoms with Crippen molar-refractivity contribution in [3.05, 3.63) is 35.0 Å². The minimum absolute atomic E-state index is 0.412. The summed E-state index contributed by atoms with van der Waals surface area (Å²) in [6.45, 7) is 0. The summed E-state index contributed by atoms with van der Waals surface area (Å²) in [5, 5.41) is 3.26. The predicted molar refractivity (Wildman–Crippen MR) is 79.5 cm³/mol. The van der Waals surface area contributed by atoms with Gasteiger partial charge in [-0.05, 0) is 43.9 Å². The monoisotopic (exact) mass is 289 g/mol. The molecule has 0 saturated heterocycles. The molecule has 0 bridgehead atoms. The van der Waals surface area contributed by atoms with Gasteiger partial charge in [-0.25, -0.2) is 4.79 Å². The van der Waals surface area contributed by atoms with Gasteiger partial charge in [0.2, 0.25) is 0 Å². The Morgan fingerprint density at radius 1 is 1.24 bits per heavy atom. The van der Waals surface area contributed by atoms with Gasteiger partial charge in [0, 0.05) is 11.3 Å². The van der Waals surface area contributed by atoms with Crippen LogP contribution in [0.15, 0.2) is 29.5 Å². The van der Waals surface area contributed by atoms with E-state index in [-0.39, 0.29) is 0 Å². The van der Waals surface area contributed by atoms with Crippen LogP contribution in [0.4, 0.5) is 5.69 Å². The fraction of sp³-hybridized carbons (Fsp3) is 0.375. The molecule has 1 N–H and O–H groups in total. The molecule has 0 saturated carbocycles. The van der Waals surface area contributed by atoms with Crippen LogP contribution >= 0.6 is 0 Å². The van der Waals surface area contributed by atoms with E-state index in [1.165, 1.54) is 14.2 Å². The number of hydrogen-bond donors (Lipinski definition) is 1. The summed E-state index contributed by atoms with van der Waals surface area (Å²) in [5.41, 5.74) is 2.90. The van der Waals surface area contributed by atoms with Gasteiger partial charge in [0.25, 0.3) is 0 Å². The summed E-state index contributed by atoms with van der Waals surface area (Å²) in [6.07, 6.45) is 4.65. The lowest BCUT2D eigenvalue weighted by atomic mass is 9.97. The fourth-order valence-electron chi connectivity index (χ4n) is 2.40. The highest BCUT2D eigenvalue weighted by Gasteiger charge is 2.15. The van der Waals surface area contributed by atoms with Gasteiger partial charge in [0.15, 0.2) is 0 Å². The Morgan fingerprint density at radius 3 is 2.67 bits per heavy atom. The fourth-order valence-corrected chi connectivity index (χ4v) is 2.40. The third-order valence-corrected chi connectivity index (χ3v) is 3.56. The number of carbonyl (C=O) groups excluding carboxylic acids is 2. The molecule has 21 heavy (non-hydrogen) atoms. The molecule has 112 valence electrons. The SMILES string of the molecule is COC(=O)c1ccc(NC2=C(C=O)CCCC2)c(OC)c1. The highest BCUT2D eigenvalue weighted by atomic mass is 16.5. The van der Waals surface area contributed by atoms with E-state index >= 15 is 0 Å². The van der Waals surface area contributed by atoms with Gasteiger partial charge in [-0.1, -0.05) is 0 Å². The van der Waals surface area contributed by atoms with Gasteiger partial charge >= 0.3 is 5.97 Å². The van der Waals surface area contributed by atoms with Crippen molar-refractivity contribution in [2.45, 2.75) is 25.7 Å². The van der Waals surface area contributed by atoms with E-state index in [2.05, 4.69) is 10.1 Å². The lowest BCUT2D eigenvalue weighted by Crippen LogP contribution is -2.10. The van der Waals surface area contributed by atoms with Crippen LogP contribution in [0, 0.1) is 0 Å². The van der Waals surface area contributed by atoms with E-state index in [9.17, 15) is 9.59 Å². The summed E-state index contributed by atoms with van der Waals surface area (Å²) in [6, 6.07) is 5.05. The average Bonchev–Trinajstić information content (AvgIpc) is 2.54. The van der Waals surface area contributed by atoms with Gasteiger partial charge in [-0.15, -0.1) is 0 Å². The summed E-state index contributed by atoms with van der Waals surface area (Å²) in [5.74, 6) is 0.131. The van der Waals surface area contributed by atoms with Crippen LogP contribution in [-0.2, 0) is 9.53 Å². The largest absolute Gasteiger partial charge is 0.495 e. The van der Waals surface area contributed by atoms with E-state index in [0.717, 1.165) is 48.9 Å². The molecule has 0 heterocycles. The molecule has 0 fully saturated rings. The number of hydrogen-bond acceptors (Lipinski definition) is 5. The third kappa shape index (κ3) is 3.42. The van der Waals surface area contributed by atoms with E-state index in [1.807, 2.05) is 0 Å². The van der Waals surface area contributed by atoms with Crippen LogP contribution in [0.5, 0.6) is 5.75 Å². The van der Waals surface area contributed by atoms with Gasteiger partial charge in [0.05, 0.1) is 25.5 Å². The Bertz CT molecular complexity index is 578. The second-order valence-corrected chi connectivity index (χ2v) is 4.86. The molecule has 2 rings (SSSR count). The Balaban J connectivity index is 2.29. The number of nitrogens with one attached hydrogen (secondary N) is 1. The molecule has 1 aromatic carbocycles. The van der Waals surface area contributed by atoms with Crippen LogP contribution in [-0.4, -0.2) is 26.5 Å². The normalized spacial score (nSPS) is 14.6. The molecular weight excluding hydrogens is 270 g/mol. The predicted octanol–water partition coefficient (Wildman–Crippen LogP) is 2.92. The lowest BCUT2D eigenvalue weighted by Gasteiger charge is -2.20. The van der Waals surface area contributed by atoms with Crippen molar-refractivity contribution in [1.82, 2.24) is 0 Å². The van der Waals surface area contributed by atoms with Gasteiger partial charge in [0.1, 0.15) is 12.0 Å². The first kappa shape index (κ1) is 15.1. The van der Waals surface area contributed by atoms with Gasteiger partial charge < -0.3 is 14.8 Å². The molecule has 1 aliphatic carbocycles. The number of allylic oxidation sites excluding steroid dienone is 2. The molecule has 0 unspecified atom stereocenters. The molecule has 1 aromatic rings. The molecule has 0 amide bonds. The molecular formula is C16H19NO4. The highest BCUT2D eigenvalue weighted by molar-refractivity contribution is 5.91. The Labute approximate surface area is 123 Å². The first-order valence-corrected chi connectivity index (χ1v) is 6.90. The summed E-state index contributed by atoms with van der Waals surface area (Å²) < 4.78 is 10.00. The number of ether oxygens (including phenoxy) is 2. The zero-order chi connectivity index (χ0) is 15.2. The van der Waals surface area contributed by atoms with Crippen molar-refractivity contribution in [2.24, 2.45) is 0 Å². The second-order valence-electron chi connectivity index (χ2n) is 4.86. The number of aldehydes is 1. The minimum atomic E-state index is -0.412. The zero-order valence-electron chi connectivity index (χ0n) is 12.3. The molecule has 5 heteroatoms. The molecule has 0 radical (unpaired) electrons. The molecule has 1 aliphatic rings. The van der Waals surface area contributed by atoms with Crippen LogP contribution in [0.25, 0.3) is 0 Å². The standard InChI is InChI=1S/C16H19NO4/c1-20-15-9-11(16(19)21-2)7-8-14(15)17-13-6-4-3-5-12(13)10-18/h7-10,17H,3-6H2,1-2H3. The van der Waals surface area contributed by atoms with E-state index < -0.39 is 5.97 Å². The lowest BCUT2D eigenvalue weighted by molar-refractivity contribution is -0.105. The number of rotatable bonds is 5. The quantitative estimate of drug-likeness (QED) is 0.667. The molecule has 5 nitrogen and oxygen atoms in total. The number of anilines is 1. The average molecular weight is 289 g/mol. The molecule has 0 spiro atoms. The number of carbonyl (C=O) groups is 2. The summed E-state index contributed by atoms with van der Waals surface area (Å²) in [7, 11) is 2.88.